The van der Waals surface area contributed by atoms with E-state index in [2.05, 4.69) is 0 Å². The number of nitrogens with zero attached hydrogens (tertiary/aromatic N) is 1. The Hall–Kier alpha value is -3.53. The number of carbonyl (C=O) groups excluding carboxylic acids is 1. The van der Waals surface area contributed by atoms with Crippen LogP contribution in [0, 0.1) is 6.92 Å². The molecule has 0 fully saturated rings. The first-order valence-electron chi connectivity index (χ1n) is 9.74. The monoisotopic (exact) mass is 479 g/mol. The van der Waals surface area contributed by atoms with Gasteiger partial charge in [0.15, 0.2) is 0 Å². The Bertz CT molecular complexity index is 1200. The molecule has 3 aromatic rings. The van der Waals surface area contributed by atoms with Gasteiger partial charge in [-0.25, -0.2) is 4.79 Å². The number of phenolic OH excluding ortho intramolecular Hbond substituents is 1. The van der Waals surface area contributed by atoms with Crippen LogP contribution in [0.3, 0.4) is 0 Å². The van der Waals surface area contributed by atoms with E-state index in [1.165, 1.54) is 35.2 Å². The van der Waals surface area contributed by atoms with Crippen LogP contribution in [0.25, 0.3) is 10.4 Å². The van der Waals surface area contributed by atoms with Crippen molar-refractivity contribution in [1.82, 2.24) is 0 Å². The van der Waals surface area contributed by atoms with Gasteiger partial charge in [0.2, 0.25) is 5.06 Å². The van der Waals surface area contributed by atoms with E-state index >= 15 is 0 Å². The molecule has 0 aliphatic carbocycles. The van der Waals surface area contributed by atoms with Crippen molar-refractivity contribution in [3.63, 3.8) is 0 Å². The summed E-state index contributed by atoms with van der Waals surface area (Å²) >= 11 is 0.798. The van der Waals surface area contributed by atoms with Crippen molar-refractivity contribution in [2.75, 3.05) is 4.90 Å². The van der Waals surface area contributed by atoms with Crippen LogP contribution in [0.2, 0.25) is 0 Å². The fraction of sp³-hybridized carbons (Fsp3) is 0.217. The highest BCUT2D eigenvalue weighted by atomic mass is 32.1. The van der Waals surface area contributed by atoms with Crippen molar-refractivity contribution >= 4 is 29.1 Å². The fourth-order valence-corrected chi connectivity index (χ4v) is 4.24. The number of aromatic hydroxyl groups is 1. The minimum absolute atomic E-state index is 0.0117. The normalized spacial score (nSPS) is 11.5. The molecule has 3 rings (SSSR count). The minimum Gasteiger partial charge on any atom is -0.507 e. The van der Waals surface area contributed by atoms with E-state index in [0.29, 0.717) is 0 Å². The Morgan fingerprint density at radius 3 is 2.36 bits per heavy atom. The van der Waals surface area contributed by atoms with E-state index in [1.54, 1.807) is 26.8 Å². The number of benzene rings is 2. The second kappa shape index (κ2) is 9.14. The van der Waals surface area contributed by atoms with Gasteiger partial charge in [0.25, 0.3) is 5.91 Å². The molecular weight excluding hydrogens is 459 g/mol. The molecular formula is C23H20F3NO5S. The van der Waals surface area contributed by atoms with Crippen LogP contribution < -0.4 is 9.64 Å². The van der Waals surface area contributed by atoms with Crippen LogP contribution in [-0.2, 0) is 6.18 Å². The first-order chi connectivity index (χ1) is 15.4. The molecule has 0 atom stereocenters. The maximum atomic E-state index is 13.3. The lowest BCUT2D eigenvalue weighted by Gasteiger charge is -2.27. The zero-order valence-corrected chi connectivity index (χ0v) is 18.6. The molecule has 1 aromatic heterocycles. The van der Waals surface area contributed by atoms with Crippen molar-refractivity contribution in [1.29, 1.82) is 0 Å². The summed E-state index contributed by atoms with van der Waals surface area (Å²) in [6.07, 6.45) is -6.19. The molecule has 0 aliphatic rings. The number of amides is 1. The highest BCUT2D eigenvalue weighted by Gasteiger charge is 2.32. The standard InChI is InChI=1S/C23H20F3NO5S/c1-12(2)27(20(29)16-8-7-13(3)9-18(16)28)17-11-19(33-21(17)32-22(30)31)14-5-4-6-15(10-14)23(24,25)26/h4-12,28H,1-3H3,(H,30,31). The molecule has 0 aliphatic heterocycles. The van der Waals surface area contributed by atoms with Crippen LogP contribution in [0.4, 0.5) is 23.7 Å². The van der Waals surface area contributed by atoms with Crippen LogP contribution in [0.1, 0.15) is 35.3 Å². The molecule has 174 valence electrons. The average molecular weight is 479 g/mol. The van der Waals surface area contributed by atoms with Crippen molar-refractivity contribution in [3.8, 4) is 21.3 Å². The third-order valence-corrected chi connectivity index (χ3v) is 5.76. The maximum Gasteiger partial charge on any atom is 0.512 e. The molecule has 0 saturated heterocycles. The zero-order chi connectivity index (χ0) is 24.5. The largest absolute Gasteiger partial charge is 0.512 e. The van der Waals surface area contributed by atoms with Gasteiger partial charge in [-0.05, 0) is 62.2 Å². The number of alkyl halides is 3. The van der Waals surface area contributed by atoms with E-state index in [9.17, 15) is 27.9 Å². The Morgan fingerprint density at radius 2 is 1.79 bits per heavy atom. The lowest BCUT2D eigenvalue weighted by atomic mass is 10.1. The van der Waals surface area contributed by atoms with E-state index in [4.69, 9.17) is 9.84 Å². The number of aryl methyl sites for hydroxylation is 1. The van der Waals surface area contributed by atoms with Gasteiger partial charge in [-0.3, -0.25) is 4.79 Å². The SMILES string of the molecule is Cc1ccc(C(=O)N(c2cc(-c3cccc(C(F)(F)F)c3)sc2OC(=O)O)C(C)C)c(O)c1. The molecule has 6 nitrogen and oxygen atoms in total. The maximum absolute atomic E-state index is 13.3. The number of hydrogen-bond acceptors (Lipinski definition) is 5. The lowest BCUT2D eigenvalue weighted by molar-refractivity contribution is -0.137. The number of thiophene rings is 1. The molecule has 0 saturated carbocycles. The van der Waals surface area contributed by atoms with Gasteiger partial charge in [-0.15, -0.1) is 0 Å². The summed E-state index contributed by atoms with van der Waals surface area (Å²) in [6.45, 7) is 5.10. The van der Waals surface area contributed by atoms with Crippen LogP contribution in [0.5, 0.6) is 10.8 Å². The quantitative estimate of drug-likeness (QED) is 0.405. The Balaban J connectivity index is 2.14. The topological polar surface area (TPSA) is 87.1 Å². The number of ether oxygens (including phenoxy) is 1. The summed E-state index contributed by atoms with van der Waals surface area (Å²) in [4.78, 5) is 26.1. The van der Waals surface area contributed by atoms with Gasteiger partial charge in [0.05, 0.1) is 16.8 Å². The molecule has 2 N–H and O–H groups in total. The molecule has 1 heterocycles. The van der Waals surface area contributed by atoms with E-state index in [1.807, 2.05) is 0 Å². The number of carboxylic acid groups (broad SMARTS) is 1. The van der Waals surface area contributed by atoms with Crippen molar-refractivity contribution in [2.45, 2.75) is 33.0 Å². The molecule has 1 amide bonds. The molecule has 10 heteroatoms. The van der Waals surface area contributed by atoms with E-state index in [0.717, 1.165) is 29.0 Å². The molecule has 0 radical (unpaired) electrons. The van der Waals surface area contributed by atoms with Gasteiger partial charge in [-0.2, -0.15) is 13.2 Å². The number of anilines is 1. The van der Waals surface area contributed by atoms with Gasteiger partial charge in [0, 0.05) is 10.9 Å². The summed E-state index contributed by atoms with van der Waals surface area (Å²) in [5.74, 6) is -0.870. The van der Waals surface area contributed by atoms with Crippen LogP contribution in [-0.4, -0.2) is 28.3 Å². The molecule has 0 unspecified atom stereocenters. The van der Waals surface area contributed by atoms with Gasteiger partial charge in [-0.1, -0.05) is 29.5 Å². The van der Waals surface area contributed by atoms with E-state index < -0.39 is 29.8 Å². The second-order valence-electron chi connectivity index (χ2n) is 7.52. The fourth-order valence-electron chi connectivity index (χ4n) is 3.25. The smallest absolute Gasteiger partial charge is 0.507 e. The van der Waals surface area contributed by atoms with Crippen molar-refractivity contribution in [2.24, 2.45) is 0 Å². The summed E-state index contributed by atoms with van der Waals surface area (Å²) in [5.41, 5.74) is 0.109. The highest BCUT2D eigenvalue weighted by Crippen LogP contribution is 2.45. The zero-order valence-electron chi connectivity index (χ0n) is 17.8. The second-order valence-corrected chi connectivity index (χ2v) is 8.53. The third kappa shape index (κ3) is 5.28. The van der Waals surface area contributed by atoms with Crippen LogP contribution >= 0.6 is 11.3 Å². The molecule has 0 bridgehead atoms. The Kier molecular flexibility index (Phi) is 6.68. The predicted octanol–water partition coefficient (Wildman–Crippen LogP) is 6.56. The van der Waals surface area contributed by atoms with Gasteiger partial charge >= 0.3 is 12.3 Å². The third-order valence-electron chi connectivity index (χ3n) is 4.71. The van der Waals surface area contributed by atoms with Crippen molar-refractivity contribution in [3.05, 3.63) is 65.2 Å². The predicted molar refractivity (Wildman–Crippen MR) is 118 cm³/mol. The number of phenols is 1. The van der Waals surface area contributed by atoms with Gasteiger partial charge < -0.3 is 19.8 Å². The first kappa shape index (κ1) is 24.1. The summed E-state index contributed by atoms with van der Waals surface area (Å²) in [6, 6.07) is 9.96. The Morgan fingerprint density at radius 1 is 1.09 bits per heavy atom. The summed E-state index contributed by atoms with van der Waals surface area (Å²) in [7, 11) is 0. The first-order valence-corrected chi connectivity index (χ1v) is 10.6. The number of hydrogen-bond donors (Lipinski definition) is 2. The number of carbonyl (C=O) groups is 2. The minimum atomic E-state index is -4.56. The summed E-state index contributed by atoms with van der Waals surface area (Å²) < 4.78 is 44.3. The lowest BCUT2D eigenvalue weighted by Crippen LogP contribution is -2.37. The summed E-state index contributed by atoms with van der Waals surface area (Å²) in [5, 5.41) is 19.3. The van der Waals surface area contributed by atoms with Crippen molar-refractivity contribution < 1.29 is 37.7 Å². The highest BCUT2D eigenvalue weighted by molar-refractivity contribution is 7.18. The molecule has 0 spiro atoms. The average Bonchev–Trinajstić information content (AvgIpc) is 3.09. The molecule has 2 aromatic carbocycles. The number of rotatable bonds is 5. The molecule has 33 heavy (non-hydrogen) atoms. The van der Waals surface area contributed by atoms with Gasteiger partial charge in [0.1, 0.15) is 5.75 Å². The number of halogens is 3. The van der Waals surface area contributed by atoms with E-state index in [-0.39, 0.29) is 32.5 Å². The Labute approximate surface area is 191 Å². The van der Waals surface area contributed by atoms with Crippen LogP contribution in [0.15, 0.2) is 48.5 Å².